The number of nitrogens with one attached hydrogen (secondary N) is 1. The molecule has 0 aliphatic rings. The average Bonchev–Trinajstić information content (AvgIpc) is 1.98. The van der Waals surface area contributed by atoms with Gasteiger partial charge in [0, 0.05) is 12.1 Å². The van der Waals surface area contributed by atoms with E-state index in [4.69, 9.17) is 11.5 Å². The summed E-state index contributed by atoms with van der Waals surface area (Å²) in [5, 5.41) is 3.40. The normalized spacial score (nSPS) is 16.0. The lowest BCUT2D eigenvalue weighted by Gasteiger charge is -2.12. The number of hydrogen-bond donors (Lipinski definition) is 3. The first-order valence-corrected chi connectivity index (χ1v) is 4.86. The molecule has 2 unspecified atom stereocenters. The molecule has 0 rings (SSSR count). The number of hydrogen-bond acceptors (Lipinski definition) is 3. The fraction of sp³-hybridized carbons (Fsp3) is 1.00. The van der Waals surface area contributed by atoms with Crippen LogP contribution in [0.15, 0.2) is 0 Å². The molecule has 3 heteroatoms. The zero-order valence-electron chi connectivity index (χ0n) is 8.34. The third-order valence-electron chi connectivity index (χ3n) is 1.93. The van der Waals surface area contributed by atoms with Crippen molar-refractivity contribution in [2.45, 2.75) is 45.2 Å². The van der Waals surface area contributed by atoms with Gasteiger partial charge in [0.15, 0.2) is 0 Å². The summed E-state index contributed by atoms with van der Waals surface area (Å²) in [6.07, 6.45) is 3.31. The Labute approximate surface area is 75.9 Å². The first-order chi connectivity index (χ1) is 5.66. The van der Waals surface area contributed by atoms with Gasteiger partial charge < -0.3 is 16.8 Å². The summed E-state index contributed by atoms with van der Waals surface area (Å²) in [7, 11) is 0. The van der Waals surface area contributed by atoms with Crippen molar-refractivity contribution in [3.8, 4) is 0 Å². The molecule has 0 radical (unpaired) electrons. The summed E-state index contributed by atoms with van der Waals surface area (Å²) in [6, 6.07) is 0.875. The number of rotatable bonds is 7. The van der Waals surface area contributed by atoms with Crippen molar-refractivity contribution < 1.29 is 0 Å². The van der Waals surface area contributed by atoms with E-state index in [1.807, 2.05) is 6.92 Å². The van der Waals surface area contributed by atoms with Gasteiger partial charge in [0.05, 0.1) is 0 Å². The second-order valence-electron chi connectivity index (χ2n) is 3.55. The second-order valence-corrected chi connectivity index (χ2v) is 3.55. The molecule has 0 aliphatic heterocycles. The molecule has 0 amide bonds. The molecular formula is C9H23N3. The van der Waals surface area contributed by atoms with E-state index in [1.54, 1.807) is 0 Å². The van der Waals surface area contributed by atoms with Crippen LogP contribution in [-0.4, -0.2) is 25.2 Å². The van der Waals surface area contributed by atoms with Crippen LogP contribution in [0.4, 0.5) is 0 Å². The van der Waals surface area contributed by atoms with Crippen LogP contribution in [0.1, 0.15) is 33.1 Å². The van der Waals surface area contributed by atoms with Gasteiger partial charge in [-0.3, -0.25) is 0 Å². The zero-order valence-corrected chi connectivity index (χ0v) is 8.34. The highest BCUT2D eigenvalue weighted by Gasteiger charge is 1.99. The summed E-state index contributed by atoms with van der Waals surface area (Å²) in [6.45, 7) is 6.03. The Morgan fingerprint density at radius 1 is 1.25 bits per heavy atom. The Morgan fingerprint density at radius 3 is 2.42 bits per heavy atom. The fourth-order valence-electron chi connectivity index (χ4n) is 1.12. The summed E-state index contributed by atoms with van der Waals surface area (Å²) >= 11 is 0. The van der Waals surface area contributed by atoms with E-state index in [0.717, 1.165) is 32.4 Å². The first kappa shape index (κ1) is 11.9. The topological polar surface area (TPSA) is 64.1 Å². The van der Waals surface area contributed by atoms with Crippen molar-refractivity contribution in [3.63, 3.8) is 0 Å². The van der Waals surface area contributed by atoms with Crippen molar-refractivity contribution in [1.82, 2.24) is 5.32 Å². The van der Waals surface area contributed by atoms with Crippen LogP contribution in [-0.2, 0) is 0 Å². The fourth-order valence-corrected chi connectivity index (χ4v) is 1.12. The van der Waals surface area contributed by atoms with E-state index in [0.29, 0.717) is 12.1 Å². The maximum absolute atomic E-state index is 5.62. The van der Waals surface area contributed by atoms with E-state index >= 15 is 0 Å². The first-order valence-electron chi connectivity index (χ1n) is 4.86. The predicted octanol–water partition coefficient (Wildman–Crippen LogP) is 0.441. The molecule has 0 heterocycles. The van der Waals surface area contributed by atoms with E-state index in [-0.39, 0.29) is 0 Å². The average molecular weight is 173 g/mol. The van der Waals surface area contributed by atoms with Gasteiger partial charge in [0.1, 0.15) is 0 Å². The highest BCUT2D eigenvalue weighted by atomic mass is 14.9. The molecule has 5 N–H and O–H groups in total. The van der Waals surface area contributed by atoms with Crippen LogP contribution in [0.5, 0.6) is 0 Å². The van der Waals surface area contributed by atoms with Gasteiger partial charge in [-0.05, 0) is 46.2 Å². The SMILES string of the molecule is CC(N)CCCNC(C)CCN. The Bertz CT molecular complexity index is 93.8. The molecule has 74 valence electrons. The molecule has 2 atom stereocenters. The molecule has 0 bridgehead atoms. The highest BCUT2D eigenvalue weighted by Crippen LogP contribution is 1.93. The van der Waals surface area contributed by atoms with Gasteiger partial charge in [-0.2, -0.15) is 0 Å². The van der Waals surface area contributed by atoms with Crippen LogP contribution in [0.25, 0.3) is 0 Å². The molecule has 0 aliphatic carbocycles. The van der Waals surface area contributed by atoms with Crippen molar-refractivity contribution in [1.29, 1.82) is 0 Å². The summed E-state index contributed by atoms with van der Waals surface area (Å²) in [5.41, 5.74) is 11.0. The van der Waals surface area contributed by atoms with Crippen molar-refractivity contribution in [2.75, 3.05) is 13.1 Å². The van der Waals surface area contributed by atoms with Crippen LogP contribution >= 0.6 is 0 Å². The third kappa shape index (κ3) is 7.98. The maximum Gasteiger partial charge on any atom is 0.00507 e. The molecular weight excluding hydrogens is 150 g/mol. The van der Waals surface area contributed by atoms with E-state index < -0.39 is 0 Å². The lowest BCUT2D eigenvalue weighted by Crippen LogP contribution is -2.30. The summed E-state index contributed by atoms with van der Waals surface area (Å²) < 4.78 is 0. The zero-order chi connectivity index (χ0) is 9.40. The smallest absolute Gasteiger partial charge is 0.00507 e. The Balaban J connectivity index is 3.08. The lowest BCUT2D eigenvalue weighted by molar-refractivity contribution is 0.493. The molecule has 12 heavy (non-hydrogen) atoms. The Kier molecular flexibility index (Phi) is 7.45. The lowest BCUT2D eigenvalue weighted by atomic mass is 10.2. The van der Waals surface area contributed by atoms with Gasteiger partial charge in [-0.15, -0.1) is 0 Å². The van der Waals surface area contributed by atoms with Crippen LogP contribution in [0.3, 0.4) is 0 Å². The Hall–Kier alpha value is -0.120. The van der Waals surface area contributed by atoms with Crippen LogP contribution in [0.2, 0.25) is 0 Å². The molecule has 0 aromatic carbocycles. The van der Waals surface area contributed by atoms with Crippen LogP contribution < -0.4 is 16.8 Å². The standard InChI is InChI=1S/C9H23N3/c1-8(11)4-3-7-12-9(2)5-6-10/h8-9,12H,3-7,10-11H2,1-2H3. The largest absolute Gasteiger partial charge is 0.330 e. The van der Waals surface area contributed by atoms with E-state index in [1.165, 1.54) is 0 Å². The third-order valence-corrected chi connectivity index (χ3v) is 1.93. The van der Waals surface area contributed by atoms with E-state index in [2.05, 4.69) is 12.2 Å². The van der Waals surface area contributed by atoms with E-state index in [9.17, 15) is 0 Å². The van der Waals surface area contributed by atoms with Crippen molar-refractivity contribution >= 4 is 0 Å². The van der Waals surface area contributed by atoms with Gasteiger partial charge in [-0.25, -0.2) is 0 Å². The van der Waals surface area contributed by atoms with Crippen LogP contribution in [0, 0.1) is 0 Å². The molecule has 0 aromatic heterocycles. The molecule has 0 spiro atoms. The van der Waals surface area contributed by atoms with Gasteiger partial charge in [-0.1, -0.05) is 0 Å². The summed E-state index contributed by atoms with van der Waals surface area (Å²) in [5.74, 6) is 0. The minimum atomic E-state index is 0.330. The molecule has 0 saturated carbocycles. The minimum absolute atomic E-state index is 0.330. The summed E-state index contributed by atoms with van der Waals surface area (Å²) in [4.78, 5) is 0. The van der Waals surface area contributed by atoms with Gasteiger partial charge in [0.25, 0.3) is 0 Å². The number of nitrogens with two attached hydrogens (primary N) is 2. The predicted molar refractivity (Wildman–Crippen MR) is 54.0 cm³/mol. The molecule has 0 saturated heterocycles. The maximum atomic E-state index is 5.62. The second kappa shape index (κ2) is 7.53. The quantitative estimate of drug-likeness (QED) is 0.490. The van der Waals surface area contributed by atoms with Crippen molar-refractivity contribution in [3.05, 3.63) is 0 Å². The molecule has 3 nitrogen and oxygen atoms in total. The van der Waals surface area contributed by atoms with Gasteiger partial charge >= 0.3 is 0 Å². The molecule has 0 fully saturated rings. The van der Waals surface area contributed by atoms with Gasteiger partial charge in [0.2, 0.25) is 0 Å². The monoisotopic (exact) mass is 173 g/mol. The molecule has 0 aromatic rings. The highest BCUT2D eigenvalue weighted by molar-refractivity contribution is 4.62. The minimum Gasteiger partial charge on any atom is -0.330 e. The van der Waals surface area contributed by atoms with Crippen molar-refractivity contribution in [2.24, 2.45) is 11.5 Å². The Morgan fingerprint density at radius 2 is 1.92 bits per heavy atom.